The summed E-state index contributed by atoms with van der Waals surface area (Å²) in [5, 5.41) is 6.51. The standard InChI is InChI=1S/C15H16FN5O/c1-3-10(17)14-19-13-8(2)4-5-9(16)12(13)15(22)21(14)11-6-7-18-20-11/h4-7,10H,3,17H2,1-2H3,(H,18,20)/t10-/m0/s1. The van der Waals surface area contributed by atoms with Gasteiger partial charge >= 0.3 is 0 Å². The molecule has 0 aliphatic heterocycles. The first-order chi connectivity index (χ1) is 10.5. The zero-order chi connectivity index (χ0) is 15.9. The first-order valence-corrected chi connectivity index (χ1v) is 7.01. The summed E-state index contributed by atoms with van der Waals surface area (Å²) in [4.78, 5) is 17.3. The quantitative estimate of drug-likeness (QED) is 0.774. The van der Waals surface area contributed by atoms with Gasteiger partial charge in [-0.2, -0.15) is 5.10 Å². The molecule has 2 aromatic heterocycles. The second-order valence-electron chi connectivity index (χ2n) is 5.16. The summed E-state index contributed by atoms with van der Waals surface area (Å²) < 4.78 is 15.5. The number of benzene rings is 1. The maximum absolute atomic E-state index is 14.2. The van der Waals surface area contributed by atoms with Crippen LogP contribution in [0.1, 0.15) is 30.8 Å². The molecule has 7 heteroatoms. The number of hydrogen-bond acceptors (Lipinski definition) is 4. The van der Waals surface area contributed by atoms with E-state index in [1.54, 1.807) is 19.1 Å². The Balaban J connectivity index is 2.49. The third-order valence-corrected chi connectivity index (χ3v) is 3.70. The number of rotatable bonds is 3. The van der Waals surface area contributed by atoms with Crippen molar-refractivity contribution in [1.82, 2.24) is 19.7 Å². The molecule has 2 heterocycles. The topological polar surface area (TPSA) is 89.6 Å². The summed E-state index contributed by atoms with van der Waals surface area (Å²) in [5.41, 5.74) is 6.69. The fourth-order valence-electron chi connectivity index (χ4n) is 2.44. The van der Waals surface area contributed by atoms with Crippen molar-refractivity contribution in [2.45, 2.75) is 26.3 Å². The van der Waals surface area contributed by atoms with Crippen molar-refractivity contribution < 1.29 is 4.39 Å². The number of H-pyrrole nitrogens is 1. The van der Waals surface area contributed by atoms with Gasteiger partial charge in [0.1, 0.15) is 22.8 Å². The van der Waals surface area contributed by atoms with Crippen molar-refractivity contribution in [3.8, 4) is 5.82 Å². The third kappa shape index (κ3) is 2.10. The molecule has 0 saturated carbocycles. The number of nitrogens with zero attached hydrogens (tertiary/aromatic N) is 3. The predicted molar refractivity (Wildman–Crippen MR) is 81.4 cm³/mol. The van der Waals surface area contributed by atoms with Crippen molar-refractivity contribution in [3.05, 3.63) is 52.0 Å². The molecule has 0 aliphatic rings. The minimum absolute atomic E-state index is 0.0401. The van der Waals surface area contributed by atoms with Crippen LogP contribution in [0.15, 0.2) is 29.2 Å². The lowest BCUT2D eigenvalue weighted by Crippen LogP contribution is -2.29. The van der Waals surface area contributed by atoms with E-state index in [1.807, 2.05) is 6.92 Å². The Bertz CT molecular complexity index is 885. The van der Waals surface area contributed by atoms with Gasteiger partial charge in [-0.3, -0.25) is 9.89 Å². The van der Waals surface area contributed by atoms with Crippen molar-refractivity contribution in [2.24, 2.45) is 5.73 Å². The second kappa shape index (κ2) is 5.34. The van der Waals surface area contributed by atoms with Crippen LogP contribution in [-0.2, 0) is 0 Å². The summed E-state index contributed by atoms with van der Waals surface area (Å²) in [6.07, 6.45) is 2.11. The van der Waals surface area contributed by atoms with Crippen molar-refractivity contribution in [3.63, 3.8) is 0 Å². The summed E-state index contributed by atoms with van der Waals surface area (Å²) in [6.45, 7) is 3.69. The van der Waals surface area contributed by atoms with Crippen LogP contribution < -0.4 is 11.3 Å². The van der Waals surface area contributed by atoms with Gasteiger partial charge in [-0.25, -0.2) is 13.9 Å². The third-order valence-electron chi connectivity index (χ3n) is 3.70. The zero-order valence-electron chi connectivity index (χ0n) is 12.3. The van der Waals surface area contributed by atoms with Crippen molar-refractivity contribution >= 4 is 10.9 Å². The minimum Gasteiger partial charge on any atom is -0.321 e. The second-order valence-corrected chi connectivity index (χ2v) is 5.16. The molecule has 0 amide bonds. The smallest absolute Gasteiger partial charge is 0.270 e. The summed E-state index contributed by atoms with van der Waals surface area (Å²) in [7, 11) is 0. The van der Waals surface area contributed by atoms with Gasteiger partial charge in [0.2, 0.25) is 0 Å². The number of nitrogens with two attached hydrogens (primary N) is 1. The van der Waals surface area contributed by atoms with E-state index in [9.17, 15) is 9.18 Å². The maximum Gasteiger partial charge on any atom is 0.270 e. The van der Waals surface area contributed by atoms with Crippen LogP contribution in [0, 0.1) is 12.7 Å². The Labute approximate surface area is 125 Å². The van der Waals surface area contributed by atoms with Gasteiger partial charge in [0.05, 0.1) is 17.8 Å². The predicted octanol–water partition coefficient (Wildman–Crippen LogP) is 1.97. The Morgan fingerprint density at radius 1 is 1.41 bits per heavy atom. The molecule has 3 aromatic rings. The lowest BCUT2D eigenvalue weighted by atomic mass is 10.1. The van der Waals surface area contributed by atoms with Gasteiger partial charge in [0.25, 0.3) is 5.56 Å². The molecule has 0 unspecified atom stereocenters. The highest BCUT2D eigenvalue weighted by molar-refractivity contribution is 5.81. The number of aryl methyl sites for hydroxylation is 1. The molecular weight excluding hydrogens is 285 g/mol. The van der Waals surface area contributed by atoms with Crippen LogP contribution in [0.5, 0.6) is 0 Å². The van der Waals surface area contributed by atoms with E-state index in [1.165, 1.54) is 16.8 Å². The fourth-order valence-corrected chi connectivity index (χ4v) is 2.44. The molecule has 114 valence electrons. The van der Waals surface area contributed by atoms with Crippen LogP contribution in [0.4, 0.5) is 4.39 Å². The van der Waals surface area contributed by atoms with Crippen LogP contribution in [0.2, 0.25) is 0 Å². The molecule has 6 nitrogen and oxygen atoms in total. The van der Waals surface area contributed by atoms with Gasteiger partial charge < -0.3 is 5.73 Å². The zero-order valence-corrected chi connectivity index (χ0v) is 12.3. The molecule has 22 heavy (non-hydrogen) atoms. The Kier molecular flexibility index (Phi) is 3.50. The minimum atomic E-state index is -0.594. The Hall–Kier alpha value is -2.54. The van der Waals surface area contributed by atoms with Crippen LogP contribution >= 0.6 is 0 Å². The van der Waals surface area contributed by atoms with E-state index in [-0.39, 0.29) is 5.39 Å². The number of hydrogen-bond donors (Lipinski definition) is 2. The number of halogens is 1. The van der Waals surface area contributed by atoms with Crippen LogP contribution in [-0.4, -0.2) is 19.7 Å². The molecule has 0 aliphatic carbocycles. The molecule has 0 fully saturated rings. The first kappa shape index (κ1) is 14.4. The van der Waals surface area contributed by atoms with Gasteiger partial charge in [0.15, 0.2) is 0 Å². The van der Waals surface area contributed by atoms with Gasteiger partial charge in [-0.05, 0) is 25.0 Å². The number of fused-ring (bicyclic) bond motifs is 1. The van der Waals surface area contributed by atoms with E-state index >= 15 is 0 Å². The van der Waals surface area contributed by atoms with Crippen molar-refractivity contribution in [2.75, 3.05) is 0 Å². The normalized spacial score (nSPS) is 12.7. The summed E-state index contributed by atoms with van der Waals surface area (Å²) in [6, 6.07) is 4.06. The average molecular weight is 301 g/mol. The number of aromatic nitrogens is 4. The highest BCUT2D eigenvalue weighted by Crippen LogP contribution is 2.21. The first-order valence-electron chi connectivity index (χ1n) is 7.01. The monoisotopic (exact) mass is 301 g/mol. The molecule has 0 radical (unpaired) electrons. The Morgan fingerprint density at radius 3 is 2.82 bits per heavy atom. The van der Waals surface area contributed by atoms with E-state index in [0.717, 1.165) is 5.56 Å². The highest BCUT2D eigenvalue weighted by atomic mass is 19.1. The van der Waals surface area contributed by atoms with Crippen LogP contribution in [0.3, 0.4) is 0 Å². The lowest BCUT2D eigenvalue weighted by molar-refractivity contribution is 0.610. The largest absolute Gasteiger partial charge is 0.321 e. The fraction of sp³-hybridized carbons (Fsp3) is 0.267. The van der Waals surface area contributed by atoms with Gasteiger partial charge in [-0.15, -0.1) is 0 Å². The highest BCUT2D eigenvalue weighted by Gasteiger charge is 2.20. The number of aromatic amines is 1. The molecule has 1 atom stereocenters. The maximum atomic E-state index is 14.2. The Morgan fingerprint density at radius 2 is 2.18 bits per heavy atom. The molecule has 0 spiro atoms. The molecule has 1 aromatic carbocycles. The molecule has 3 rings (SSSR count). The average Bonchev–Trinajstić information content (AvgIpc) is 3.03. The van der Waals surface area contributed by atoms with Gasteiger partial charge in [0, 0.05) is 6.07 Å². The van der Waals surface area contributed by atoms with E-state index < -0.39 is 17.4 Å². The summed E-state index contributed by atoms with van der Waals surface area (Å²) >= 11 is 0. The van der Waals surface area contributed by atoms with E-state index in [4.69, 9.17) is 5.73 Å². The number of nitrogens with one attached hydrogen (secondary N) is 1. The van der Waals surface area contributed by atoms with E-state index in [2.05, 4.69) is 15.2 Å². The summed E-state index contributed by atoms with van der Waals surface area (Å²) in [5.74, 6) is 0.208. The SMILES string of the molecule is CC[C@H](N)c1nc2c(C)ccc(F)c2c(=O)n1-c1ccn[nH]1. The lowest BCUT2D eigenvalue weighted by Gasteiger charge is -2.17. The van der Waals surface area contributed by atoms with Gasteiger partial charge in [-0.1, -0.05) is 13.0 Å². The molecule has 0 saturated heterocycles. The molecule has 3 N–H and O–H groups in total. The van der Waals surface area contributed by atoms with Crippen molar-refractivity contribution in [1.29, 1.82) is 0 Å². The van der Waals surface area contributed by atoms with Crippen LogP contribution in [0.25, 0.3) is 16.7 Å². The molecule has 0 bridgehead atoms. The van der Waals surface area contributed by atoms with E-state index in [0.29, 0.717) is 23.6 Å². The molecular formula is C15H16FN5O.